The first-order valence-electron chi connectivity index (χ1n) is 9.78. The second-order valence-corrected chi connectivity index (χ2v) is 9.43. The number of imide groups is 1. The van der Waals surface area contributed by atoms with E-state index in [0.29, 0.717) is 20.5 Å². The first-order chi connectivity index (χ1) is 14.7. The Morgan fingerprint density at radius 2 is 1.44 bits per heavy atom. The monoisotopic (exact) mass is 489 g/mol. The molecule has 0 aliphatic heterocycles. The zero-order chi connectivity index (χ0) is 24.5. The Labute approximate surface area is 198 Å². The van der Waals surface area contributed by atoms with E-state index in [1.807, 2.05) is 0 Å². The predicted octanol–water partition coefficient (Wildman–Crippen LogP) is 5.74. The van der Waals surface area contributed by atoms with Crippen molar-refractivity contribution >= 4 is 41.4 Å². The molecule has 0 atom stereocenters. The van der Waals surface area contributed by atoms with E-state index in [1.165, 1.54) is 12.3 Å². The van der Waals surface area contributed by atoms with Gasteiger partial charge in [0.25, 0.3) is 0 Å². The van der Waals surface area contributed by atoms with Crippen LogP contribution in [0.2, 0.25) is 10.0 Å². The Hall–Kier alpha value is -2.45. The number of hydrogen-bond donors (Lipinski definition) is 0. The molecule has 0 N–H and O–H groups in total. The molecule has 32 heavy (non-hydrogen) atoms. The predicted molar refractivity (Wildman–Crippen MR) is 121 cm³/mol. The van der Waals surface area contributed by atoms with E-state index in [2.05, 4.69) is 0 Å². The fourth-order valence-electron chi connectivity index (χ4n) is 2.06. The van der Waals surface area contributed by atoms with Crippen LogP contribution in [0.5, 0.6) is 0 Å². The number of amides is 2. The Morgan fingerprint density at radius 1 is 0.938 bits per heavy atom. The summed E-state index contributed by atoms with van der Waals surface area (Å²) in [6.45, 7) is 9.13. The van der Waals surface area contributed by atoms with Gasteiger partial charge in [-0.3, -0.25) is 4.79 Å². The van der Waals surface area contributed by atoms with Crippen LogP contribution in [0.1, 0.15) is 47.1 Å². The maximum atomic E-state index is 12.4. The fourth-order valence-corrected chi connectivity index (χ4v) is 2.57. The van der Waals surface area contributed by atoms with E-state index in [-0.39, 0.29) is 13.2 Å². The van der Waals surface area contributed by atoms with Gasteiger partial charge in [-0.05, 0) is 59.8 Å². The molecule has 0 fully saturated rings. The number of esters is 1. The molecule has 0 radical (unpaired) electrons. The second kappa shape index (κ2) is 12.0. The second-order valence-electron chi connectivity index (χ2n) is 8.61. The zero-order valence-corrected chi connectivity index (χ0v) is 20.6. The zero-order valence-electron chi connectivity index (χ0n) is 19.1. The summed E-state index contributed by atoms with van der Waals surface area (Å²) in [5.74, 6) is -0.833. The summed E-state index contributed by atoms with van der Waals surface area (Å²) in [6.07, 6.45) is 0.735. The smallest absolute Gasteiger partial charge is 0.420 e. The summed E-state index contributed by atoms with van der Waals surface area (Å²) in [6, 6.07) is 5.11. The van der Waals surface area contributed by atoms with Gasteiger partial charge in [-0.15, -0.1) is 0 Å². The van der Waals surface area contributed by atoms with Crippen LogP contribution < -0.4 is 0 Å². The molecule has 178 valence electrons. The SMILES string of the molecule is CC(C)(C)OC(=O)N(CC(=O)OC/C=C/OCc1c(Cl)cccc1Cl)C(=O)OC(C)(C)C. The standard InChI is InChI=1S/C22H29Cl2NO7/c1-21(2,3)31-19(27)25(20(28)32-22(4,5)6)13-18(26)30-12-8-11-29-14-15-16(23)9-7-10-17(15)24/h7-11H,12-14H2,1-6H3/b11-8+. The lowest BCUT2D eigenvalue weighted by molar-refractivity contribution is -0.143. The van der Waals surface area contributed by atoms with Gasteiger partial charge in [0, 0.05) is 15.6 Å². The van der Waals surface area contributed by atoms with Crippen molar-refractivity contribution in [1.82, 2.24) is 4.90 Å². The Kier molecular flexibility index (Phi) is 10.3. The molecular weight excluding hydrogens is 461 g/mol. The third-order valence-electron chi connectivity index (χ3n) is 3.34. The molecular formula is C22H29Cl2NO7. The minimum absolute atomic E-state index is 0.133. The molecule has 0 aliphatic carbocycles. The molecule has 8 nitrogen and oxygen atoms in total. The summed E-state index contributed by atoms with van der Waals surface area (Å²) in [4.78, 5) is 37.4. The van der Waals surface area contributed by atoms with Gasteiger partial charge in [0.1, 0.15) is 31.0 Å². The van der Waals surface area contributed by atoms with Crippen molar-refractivity contribution in [2.45, 2.75) is 59.4 Å². The van der Waals surface area contributed by atoms with Crippen molar-refractivity contribution < 1.29 is 33.3 Å². The summed E-state index contributed by atoms with van der Waals surface area (Å²) in [7, 11) is 0. The summed E-state index contributed by atoms with van der Waals surface area (Å²) < 4.78 is 20.7. The van der Waals surface area contributed by atoms with Gasteiger partial charge in [0.05, 0.1) is 6.26 Å². The van der Waals surface area contributed by atoms with Gasteiger partial charge in [-0.25, -0.2) is 14.5 Å². The van der Waals surface area contributed by atoms with Gasteiger partial charge in [0.15, 0.2) is 0 Å². The third kappa shape index (κ3) is 10.7. The number of halogens is 2. The van der Waals surface area contributed by atoms with Crippen LogP contribution >= 0.6 is 23.2 Å². The van der Waals surface area contributed by atoms with Crippen LogP contribution in [0.25, 0.3) is 0 Å². The first-order valence-corrected chi connectivity index (χ1v) is 10.5. The van der Waals surface area contributed by atoms with Crippen LogP contribution in [-0.4, -0.2) is 47.4 Å². The lowest BCUT2D eigenvalue weighted by Gasteiger charge is -2.28. The third-order valence-corrected chi connectivity index (χ3v) is 4.05. The average Bonchev–Trinajstić information content (AvgIpc) is 2.61. The summed E-state index contributed by atoms with van der Waals surface area (Å²) in [5.41, 5.74) is -1.11. The highest BCUT2D eigenvalue weighted by molar-refractivity contribution is 6.35. The van der Waals surface area contributed by atoms with E-state index in [4.69, 9.17) is 42.1 Å². The van der Waals surface area contributed by atoms with Crippen LogP contribution in [0, 0.1) is 0 Å². The Morgan fingerprint density at radius 3 is 1.91 bits per heavy atom. The van der Waals surface area contributed by atoms with Crippen LogP contribution in [0.3, 0.4) is 0 Å². The maximum absolute atomic E-state index is 12.4. The minimum Gasteiger partial charge on any atom is -0.497 e. The topological polar surface area (TPSA) is 91.4 Å². The molecule has 10 heteroatoms. The van der Waals surface area contributed by atoms with Crippen molar-refractivity contribution in [3.63, 3.8) is 0 Å². The molecule has 0 saturated heterocycles. The lowest BCUT2D eigenvalue weighted by Crippen LogP contribution is -2.46. The van der Waals surface area contributed by atoms with Crippen LogP contribution in [0.15, 0.2) is 30.5 Å². The van der Waals surface area contributed by atoms with E-state index in [9.17, 15) is 14.4 Å². The quantitative estimate of drug-likeness (QED) is 0.274. The first kappa shape index (κ1) is 27.6. The molecule has 1 aromatic carbocycles. The normalized spacial score (nSPS) is 11.8. The summed E-state index contributed by atoms with van der Waals surface area (Å²) in [5, 5.41) is 0.948. The van der Waals surface area contributed by atoms with E-state index < -0.39 is 35.9 Å². The summed E-state index contributed by atoms with van der Waals surface area (Å²) >= 11 is 12.1. The number of hydrogen-bond acceptors (Lipinski definition) is 7. The molecule has 0 heterocycles. The minimum atomic E-state index is -1.01. The highest BCUT2D eigenvalue weighted by Gasteiger charge is 2.33. The highest BCUT2D eigenvalue weighted by atomic mass is 35.5. The van der Waals surface area contributed by atoms with Gasteiger partial charge in [-0.1, -0.05) is 29.3 Å². The lowest BCUT2D eigenvalue weighted by atomic mass is 10.2. The van der Waals surface area contributed by atoms with Crippen LogP contribution in [0.4, 0.5) is 9.59 Å². The maximum Gasteiger partial charge on any atom is 0.420 e. The van der Waals surface area contributed by atoms with Gasteiger partial charge in [-0.2, -0.15) is 0 Å². The van der Waals surface area contributed by atoms with E-state index >= 15 is 0 Å². The van der Waals surface area contributed by atoms with E-state index in [0.717, 1.165) is 0 Å². The molecule has 0 unspecified atom stereocenters. The van der Waals surface area contributed by atoms with Gasteiger partial charge >= 0.3 is 18.2 Å². The molecule has 0 bridgehead atoms. The Bertz CT molecular complexity index is 793. The fraction of sp³-hybridized carbons (Fsp3) is 0.500. The van der Waals surface area contributed by atoms with Crippen molar-refractivity contribution in [1.29, 1.82) is 0 Å². The largest absolute Gasteiger partial charge is 0.497 e. The van der Waals surface area contributed by atoms with Crippen molar-refractivity contribution in [2.24, 2.45) is 0 Å². The molecule has 0 aliphatic rings. The van der Waals surface area contributed by atoms with Crippen molar-refractivity contribution in [2.75, 3.05) is 13.2 Å². The molecule has 2 amide bonds. The number of carbonyl (C=O) groups excluding carboxylic acids is 3. The number of ether oxygens (including phenoxy) is 4. The number of rotatable bonds is 7. The van der Waals surface area contributed by atoms with Crippen molar-refractivity contribution in [3.8, 4) is 0 Å². The van der Waals surface area contributed by atoms with Gasteiger partial charge in [0.2, 0.25) is 0 Å². The highest BCUT2D eigenvalue weighted by Crippen LogP contribution is 2.24. The molecule has 0 saturated carbocycles. The molecule has 0 aromatic heterocycles. The van der Waals surface area contributed by atoms with Crippen molar-refractivity contribution in [3.05, 3.63) is 46.1 Å². The molecule has 1 rings (SSSR count). The van der Waals surface area contributed by atoms with E-state index in [1.54, 1.807) is 59.7 Å². The molecule has 1 aromatic rings. The average molecular weight is 490 g/mol. The van der Waals surface area contributed by atoms with Gasteiger partial charge < -0.3 is 18.9 Å². The Balaban J connectivity index is 2.61. The van der Waals surface area contributed by atoms with Crippen LogP contribution in [-0.2, 0) is 30.3 Å². The number of nitrogens with zero attached hydrogens (tertiary/aromatic N) is 1. The number of carbonyl (C=O) groups is 3. The number of benzene rings is 1. The molecule has 0 spiro atoms.